The minimum absolute atomic E-state index is 0.0711. The first-order valence-electron chi connectivity index (χ1n) is 13.2. The van der Waals surface area contributed by atoms with Gasteiger partial charge in [-0.2, -0.15) is 0 Å². The van der Waals surface area contributed by atoms with E-state index in [1.165, 1.54) is 76.9 Å². The Morgan fingerprint density at radius 3 is 1.97 bits per heavy atom. The predicted molar refractivity (Wildman–Crippen MR) is 142 cm³/mol. The van der Waals surface area contributed by atoms with Gasteiger partial charge in [-0.1, -0.05) is 90.4 Å². The number of ketones is 1. The van der Waals surface area contributed by atoms with Gasteiger partial charge in [0.15, 0.2) is 5.78 Å². The molecule has 2 unspecified atom stereocenters. The minimum Gasteiger partial charge on any atom is -0.507 e. The Kier molecular flexibility index (Phi) is 13.9. The lowest BCUT2D eigenvalue weighted by atomic mass is 9.91. The van der Waals surface area contributed by atoms with Crippen molar-refractivity contribution < 1.29 is 19.4 Å². The fraction of sp³-hybridized carbons (Fsp3) is 0.667. The van der Waals surface area contributed by atoms with Crippen LogP contribution in [0.4, 0.5) is 0 Å². The van der Waals surface area contributed by atoms with Gasteiger partial charge in [0.05, 0.1) is 0 Å². The molecule has 1 aromatic carbocycles. The number of aromatic hydroxyl groups is 1. The summed E-state index contributed by atoms with van der Waals surface area (Å²) in [5.41, 5.74) is 2.09. The fourth-order valence-corrected chi connectivity index (χ4v) is 4.47. The molecule has 0 saturated heterocycles. The average molecular weight is 473 g/mol. The standard InChI is InChI=1S/C30H48O4/c1-21(2)11-8-12-22(3)13-9-14-23(4)15-10-16-24(5)17-18-27-19-20-28(33)29(25(6)31)30(27)34-26(7)32/h17,19-23,33H,8-16,18H2,1-7H3/b24-17+. The highest BCUT2D eigenvalue weighted by molar-refractivity contribution is 6.00. The lowest BCUT2D eigenvalue weighted by Gasteiger charge is -2.15. The Bertz CT molecular complexity index is 806. The molecule has 1 rings (SSSR count). The number of Topliss-reactive ketones (excluding diaryl/α,β-unsaturated/α-hetero) is 1. The Morgan fingerprint density at radius 1 is 0.882 bits per heavy atom. The molecule has 0 bridgehead atoms. The third-order valence-corrected chi connectivity index (χ3v) is 6.63. The smallest absolute Gasteiger partial charge is 0.308 e. The summed E-state index contributed by atoms with van der Waals surface area (Å²) < 4.78 is 5.30. The highest BCUT2D eigenvalue weighted by atomic mass is 16.5. The quantitative estimate of drug-likeness (QED) is 0.113. The van der Waals surface area contributed by atoms with E-state index >= 15 is 0 Å². The summed E-state index contributed by atoms with van der Waals surface area (Å²) in [5, 5.41) is 10.1. The predicted octanol–water partition coefficient (Wildman–Crippen LogP) is 8.45. The van der Waals surface area contributed by atoms with Gasteiger partial charge >= 0.3 is 5.97 Å². The number of hydrogen-bond donors (Lipinski definition) is 1. The zero-order valence-electron chi connectivity index (χ0n) is 22.7. The molecule has 0 aromatic heterocycles. The van der Waals surface area contributed by atoms with E-state index in [9.17, 15) is 14.7 Å². The molecular weight excluding hydrogens is 424 g/mol. The molecule has 0 saturated carbocycles. The molecule has 4 heteroatoms. The van der Waals surface area contributed by atoms with E-state index in [4.69, 9.17) is 4.74 Å². The SMILES string of the molecule is CC(=O)Oc1c(C/C=C(\C)CCCC(C)CCCC(C)CCCC(C)C)ccc(O)c1C(C)=O. The third-order valence-electron chi connectivity index (χ3n) is 6.63. The lowest BCUT2D eigenvalue weighted by molar-refractivity contribution is -0.131. The van der Waals surface area contributed by atoms with Crippen LogP contribution in [-0.4, -0.2) is 16.9 Å². The van der Waals surface area contributed by atoms with E-state index in [-0.39, 0.29) is 22.8 Å². The summed E-state index contributed by atoms with van der Waals surface area (Å²) in [6.07, 6.45) is 14.2. The third kappa shape index (κ3) is 11.9. The van der Waals surface area contributed by atoms with Crippen molar-refractivity contribution in [3.8, 4) is 11.5 Å². The number of esters is 1. The maximum Gasteiger partial charge on any atom is 0.308 e. The number of carbonyl (C=O) groups is 2. The van der Waals surface area contributed by atoms with Crippen LogP contribution in [0.2, 0.25) is 0 Å². The van der Waals surface area contributed by atoms with E-state index in [0.717, 1.165) is 29.7 Å². The van der Waals surface area contributed by atoms with Crippen LogP contribution in [0.25, 0.3) is 0 Å². The van der Waals surface area contributed by atoms with E-state index in [1.807, 2.05) is 0 Å². The molecule has 1 aromatic rings. The molecule has 0 fully saturated rings. The van der Waals surface area contributed by atoms with Gasteiger partial charge < -0.3 is 9.84 Å². The molecule has 0 heterocycles. The number of rotatable bonds is 16. The number of benzene rings is 1. The molecule has 0 amide bonds. The van der Waals surface area contributed by atoms with Gasteiger partial charge in [-0.25, -0.2) is 0 Å². The van der Waals surface area contributed by atoms with Crippen molar-refractivity contribution in [2.75, 3.05) is 0 Å². The fourth-order valence-electron chi connectivity index (χ4n) is 4.47. The molecular formula is C30H48O4. The molecule has 192 valence electrons. The zero-order chi connectivity index (χ0) is 25.7. The summed E-state index contributed by atoms with van der Waals surface area (Å²) in [5.74, 6) is 1.60. The number of ether oxygens (including phenoxy) is 1. The second-order valence-electron chi connectivity index (χ2n) is 10.7. The largest absolute Gasteiger partial charge is 0.507 e. The first-order valence-corrected chi connectivity index (χ1v) is 13.2. The first-order chi connectivity index (χ1) is 16.0. The van der Waals surface area contributed by atoms with E-state index in [0.29, 0.717) is 6.42 Å². The van der Waals surface area contributed by atoms with Crippen molar-refractivity contribution >= 4 is 11.8 Å². The zero-order valence-corrected chi connectivity index (χ0v) is 22.7. The minimum atomic E-state index is -0.506. The van der Waals surface area contributed by atoms with Crippen LogP contribution in [0.3, 0.4) is 0 Å². The molecule has 1 N–H and O–H groups in total. The Balaban J connectivity index is 2.48. The molecule has 4 nitrogen and oxygen atoms in total. The lowest BCUT2D eigenvalue weighted by Crippen LogP contribution is -2.09. The van der Waals surface area contributed by atoms with Gasteiger partial charge in [0.1, 0.15) is 17.1 Å². The van der Waals surface area contributed by atoms with Crippen molar-refractivity contribution in [3.63, 3.8) is 0 Å². The van der Waals surface area contributed by atoms with Gasteiger partial charge in [-0.15, -0.1) is 0 Å². The van der Waals surface area contributed by atoms with Crippen LogP contribution in [0.15, 0.2) is 23.8 Å². The van der Waals surface area contributed by atoms with Gasteiger partial charge in [0.25, 0.3) is 0 Å². The topological polar surface area (TPSA) is 63.6 Å². The van der Waals surface area contributed by atoms with E-state index in [2.05, 4.69) is 40.7 Å². The van der Waals surface area contributed by atoms with Gasteiger partial charge in [-0.05, 0) is 62.5 Å². The maximum absolute atomic E-state index is 12.0. The van der Waals surface area contributed by atoms with Crippen molar-refractivity contribution in [2.24, 2.45) is 17.8 Å². The van der Waals surface area contributed by atoms with Crippen molar-refractivity contribution in [1.29, 1.82) is 0 Å². The summed E-state index contributed by atoms with van der Waals surface area (Å²) in [6.45, 7) is 14.2. The van der Waals surface area contributed by atoms with Crippen LogP contribution in [0, 0.1) is 17.8 Å². The highest BCUT2D eigenvalue weighted by Crippen LogP contribution is 2.33. The Hall–Kier alpha value is -2.10. The Labute approximate surface area is 208 Å². The molecule has 0 spiro atoms. The van der Waals surface area contributed by atoms with Crippen LogP contribution in [-0.2, 0) is 11.2 Å². The molecule has 0 aliphatic carbocycles. The number of phenols is 1. The van der Waals surface area contributed by atoms with Crippen molar-refractivity contribution in [3.05, 3.63) is 34.9 Å². The van der Waals surface area contributed by atoms with Crippen LogP contribution in [0.5, 0.6) is 11.5 Å². The molecule has 34 heavy (non-hydrogen) atoms. The summed E-state index contributed by atoms with van der Waals surface area (Å²) in [6, 6.07) is 3.21. The molecule has 0 aliphatic rings. The van der Waals surface area contributed by atoms with Crippen LogP contribution < -0.4 is 4.74 Å². The monoisotopic (exact) mass is 472 g/mol. The molecule has 0 aliphatic heterocycles. The summed E-state index contributed by atoms with van der Waals surface area (Å²) in [7, 11) is 0. The summed E-state index contributed by atoms with van der Waals surface area (Å²) >= 11 is 0. The number of carbonyl (C=O) groups excluding carboxylic acids is 2. The molecule has 0 radical (unpaired) electrons. The second-order valence-corrected chi connectivity index (χ2v) is 10.7. The van der Waals surface area contributed by atoms with Crippen molar-refractivity contribution in [2.45, 2.75) is 113 Å². The van der Waals surface area contributed by atoms with E-state index < -0.39 is 5.97 Å². The molecule has 2 atom stereocenters. The van der Waals surface area contributed by atoms with Gasteiger partial charge in [-0.3, -0.25) is 9.59 Å². The van der Waals surface area contributed by atoms with Gasteiger partial charge in [0, 0.05) is 6.92 Å². The Morgan fingerprint density at radius 2 is 1.44 bits per heavy atom. The van der Waals surface area contributed by atoms with Crippen LogP contribution in [0.1, 0.15) is 122 Å². The van der Waals surface area contributed by atoms with Gasteiger partial charge in [0.2, 0.25) is 0 Å². The number of hydrogen-bond acceptors (Lipinski definition) is 4. The van der Waals surface area contributed by atoms with Crippen LogP contribution >= 0.6 is 0 Å². The normalized spacial score (nSPS) is 13.7. The number of phenolic OH excluding ortho intramolecular Hbond substituents is 1. The number of allylic oxidation sites excluding steroid dienone is 2. The van der Waals surface area contributed by atoms with E-state index in [1.54, 1.807) is 6.07 Å². The van der Waals surface area contributed by atoms with Crippen molar-refractivity contribution in [1.82, 2.24) is 0 Å². The maximum atomic E-state index is 12.0. The summed E-state index contributed by atoms with van der Waals surface area (Å²) in [4.78, 5) is 23.5. The highest BCUT2D eigenvalue weighted by Gasteiger charge is 2.19. The second kappa shape index (κ2) is 15.7. The average Bonchev–Trinajstić information content (AvgIpc) is 2.72. The first kappa shape index (κ1) is 29.9.